The van der Waals surface area contributed by atoms with Crippen LogP contribution in [0.25, 0.3) is 23.4 Å². The molecule has 2 heterocycles. The highest BCUT2D eigenvalue weighted by Crippen LogP contribution is 2.08. The first-order chi connectivity index (χ1) is 17.8. The molecule has 208 valence electrons. The summed E-state index contributed by atoms with van der Waals surface area (Å²) in [7, 11) is 4.10. The van der Waals surface area contributed by atoms with Crippen molar-refractivity contribution in [2.75, 3.05) is 27.2 Å². The van der Waals surface area contributed by atoms with Crippen molar-refractivity contribution >= 4 is 23.4 Å². The van der Waals surface area contributed by atoms with Gasteiger partial charge >= 0.3 is 0 Å². The van der Waals surface area contributed by atoms with Crippen LogP contribution in [0.3, 0.4) is 0 Å². The maximum Gasteiger partial charge on any atom is 0.0634 e. The Hall–Kier alpha value is -2.82. The average molecular weight is 509 g/mol. The second kappa shape index (κ2) is 22.4. The lowest BCUT2D eigenvalue weighted by Crippen LogP contribution is -2.40. The average Bonchev–Trinajstić information content (AvgIpc) is 3.39. The van der Waals surface area contributed by atoms with E-state index in [2.05, 4.69) is 87.3 Å². The Balaban J connectivity index is 0. The van der Waals surface area contributed by atoms with Crippen molar-refractivity contribution in [1.29, 1.82) is 0 Å². The van der Waals surface area contributed by atoms with E-state index < -0.39 is 0 Å². The minimum Gasteiger partial charge on any atom is -0.359 e. The zero-order valence-corrected chi connectivity index (χ0v) is 25.6. The fourth-order valence-electron chi connectivity index (χ4n) is 3.31. The van der Waals surface area contributed by atoms with E-state index in [0.29, 0.717) is 0 Å². The van der Waals surface area contributed by atoms with Gasteiger partial charge in [0, 0.05) is 36.3 Å². The van der Waals surface area contributed by atoms with Gasteiger partial charge in [0.1, 0.15) is 0 Å². The Kier molecular flexibility index (Phi) is 22.0. The molecule has 4 heteroatoms. The first kappa shape index (κ1) is 36.3. The van der Waals surface area contributed by atoms with Crippen LogP contribution in [0.2, 0.25) is 0 Å². The molecule has 37 heavy (non-hydrogen) atoms. The number of nitrogens with one attached hydrogen (secondary N) is 2. The van der Waals surface area contributed by atoms with Gasteiger partial charge in [0.2, 0.25) is 0 Å². The Morgan fingerprint density at radius 1 is 1.14 bits per heavy atom. The molecule has 0 saturated carbocycles. The van der Waals surface area contributed by atoms with E-state index in [9.17, 15) is 0 Å². The van der Waals surface area contributed by atoms with Crippen LogP contribution >= 0.6 is 0 Å². The predicted molar refractivity (Wildman–Crippen MR) is 170 cm³/mol. The predicted octanol–water partition coefficient (Wildman–Crippen LogP) is 7.08. The lowest BCUT2D eigenvalue weighted by molar-refractivity contribution is 0.252. The molecule has 0 radical (unpaired) electrons. The van der Waals surface area contributed by atoms with Gasteiger partial charge < -0.3 is 14.9 Å². The largest absolute Gasteiger partial charge is 0.359 e. The molecule has 1 aliphatic rings. The second-order valence-corrected chi connectivity index (χ2v) is 8.35. The number of benzene rings is 1. The maximum absolute atomic E-state index is 3.96. The van der Waals surface area contributed by atoms with Gasteiger partial charge in [0.05, 0.1) is 11.9 Å². The first-order valence-corrected chi connectivity index (χ1v) is 13.8. The number of fused-ring (bicyclic) bond motifs is 1. The van der Waals surface area contributed by atoms with E-state index in [1.807, 2.05) is 71.1 Å². The van der Waals surface area contributed by atoms with Gasteiger partial charge in [-0.05, 0) is 51.4 Å². The molecular weight excluding hydrogens is 452 g/mol. The first-order valence-electron chi connectivity index (χ1n) is 13.8. The lowest BCUT2D eigenvalue weighted by atomic mass is 10.1. The molecule has 0 fully saturated rings. The van der Waals surface area contributed by atoms with Gasteiger partial charge in [-0.15, -0.1) is 0 Å². The third-order valence-corrected chi connectivity index (χ3v) is 5.80. The molecule has 3 rings (SSSR count). The summed E-state index contributed by atoms with van der Waals surface area (Å²) in [5.74, 6) is 0. The summed E-state index contributed by atoms with van der Waals surface area (Å²) in [6.07, 6.45) is 10.5. The van der Waals surface area contributed by atoms with Gasteiger partial charge in [-0.3, -0.25) is 0 Å². The van der Waals surface area contributed by atoms with Crippen molar-refractivity contribution in [1.82, 2.24) is 20.3 Å². The molecule has 1 aromatic heterocycles. The Morgan fingerprint density at radius 2 is 1.73 bits per heavy atom. The van der Waals surface area contributed by atoms with E-state index in [1.165, 1.54) is 30.2 Å². The van der Waals surface area contributed by atoms with Crippen molar-refractivity contribution in [3.05, 3.63) is 84.0 Å². The SMILES string of the molecule is C=C(C)c1ccccc1.C=CC(=C)c1c[nH]c2c1=CCN(NC)C=2.CC.CC.CCCN(C)C(C)CC. The minimum absolute atomic E-state index is 0.755. The summed E-state index contributed by atoms with van der Waals surface area (Å²) in [5.41, 5.74) is 7.51. The van der Waals surface area contributed by atoms with E-state index >= 15 is 0 Å². The fraction of sp³-hybridized carbons (Fsp3) is 0.455. The summed E-state index contributed by atoms with van der Waals surface area (Å²) < 4.78 is 0. The molecule has 1 aromatic carbocycles. The number of aromatic amines is 1. The van der Waals surface area contributed by atoms with Crippen LogP contribution in [-0.4, -0.2) is 48.1 Å². The molecule has 1 unspecified atom stereocenters. The molecule has 4 nitrogen and oxygen atoms in total. The monoisotopic (exact) mass is 508 g/mol. The summed E-state index contributed by atoms with van der Waals surface area (Å²) in [4.78, 5) is 5.63. The molecule has 1 aliphatic heterocycles. The fourth-order valence-corrected chi connectivity index (χ4v) is 3.31. The highest BCUT2D eigenvalue weighted by atomic mass is 15.5. The number of aromatic nitrogens is 1. The van der Waals surface area contributed by atoms with Crippen LogP contribution in [0, 0.1) is 0 Å². The number of hydrazine groups is 1. The van der Waals surface area contributed by atoms with Crippen LogP contribution < -0.4 is 16.0 Å². The topological polar surface area (TPSA) is 34.3 Å². The van der Waals surface area contributed by atoms with Crippen molar-refractivity contribution in [3.8, 4) is 0 Å². The third-order valence-electron chi connectivity index (χ3n) is 5.80. The molecule has 0 amide bonds. The van der Waals surface area contributed by atoms with Gasteiger partial charge in [0.25, 0.3) is 0 Å². The summed E-state index contributed by atoms with van der Waals surface area (Å²) in [6.45, 7) is 30.4. The van der Waals surface area contributed by atoms with Crippen molar-refractivity contribution in [2.24, 2.45) is 0 Å². The summed E-state index contributed by atoms with van der Waals surface area (Å²) >= 11 is 0. The van der Waals surface area contributed by atoms with Crippen LogP contribution in [0.5, 0.6) is 0 Å². The second-order valence-electron chi connectivity index (χ2n) is 8.35. The Labute approximate surface area is 229 Å². The van der Waals surface area contributed by atoms with Gasteiger partial charge in [-0.1, -0.05) is 109 Å². The van der Waals surface area contributed by atoms with E-state index in [0.717, 1.165) is 34.6 Å². The quantitative estimate of drug-likeness (QED) is 0.374. The number of rotatable bonds is 8. The van der Waals surface area contributed by atoms with Crippen LogP contribution in [0.15, 0.2) is 62.3 Å². The molecule has 2 N–H and O–H groups in total. The van der Waals surface area contributed by atoms with Crippen LogP contribution in [0.4, 0.5) is 0 Å². The van der Waals surface area contributed by atoms with E-state index in [1.54, 1.807) is 6.08 Å². The smallest absolute Gasteiger partial charge is 0.0634 e. The maximum atomic E-state index is 3.96. The number of hydrogen-bond donors (Lipinski definition) is 2. The number of allylic oxidation sites excluding steroid dienone is 3. The zero-order chi connectivity index (χ0) is 28.8. The van der Waals surface area contributed by atoms with Crippen LogP contribution in [-0.2, 0) is 0 Å². The normalized spacial score (nSPS) is 11.6. The molecule has 1 atom stereocenters. The zero-order valence-electron chi connectivity index (χ0n) is 25.6. The van der Waals surface area contributed by atoms with Crippen LogP contribution in [0.1, 0.15) is 79.4 Å². The molecule has 0 saturated heterocycles. The third kappa shape index (κ3) is 13.9. The number of H-pyrrole nitrogens is 1. The summed E-state index contributed by atoms with van der Waals surface area (Å²) in [6, 6.07) is 10.9. The van der Waals surface area contributed by atoms with Crippen molar-refractivity contribution in [2.45, 2.75) is 74.3 Å². The molecule has 0 aliphatic carbocycles. The Bertz CT molecular complexity index is 985. The number of hydrogen-bond acceptors (Lipinski definition) is 3. The highest BCUT2D eigenvalue weighted by molar-refractivity contribution is 5.72. The van der Waals surface area contributed by atoms with E-state index in [4.69, 9.17) is 0 Å². The van der Waals surface area contributed by atoms with Crippen molar-refractivity contribution < 1.29 is 0 Å². The standard InChI is InChI=1S/C12H15N3.C9H10.C8H19N.2C2H6/c1-4-9(2)11-7-14-12-8-15(13-3)6-5-10(11)12;1-8(2)9-6-4-3-5-7-9;1-5-7-9(4)8(3)6-2;2*1-2/h4-5,7-8,13-14H,1-2,6H2,3H3;3-7H,1H2,2H3;8H,5-7H2,1-4H3;2*1-2H3. The van der Waals surface area contributed by atoms with Gasteiger partial charge in [-0.2, -0.15) is 0 Å². The Morgan fingerprint density at radius 3 is 2.16 bits per heavy atom. The number of nitrogens with zero attached hydrogens (tertiary/aromatic N) is 2. The highest BCUT2D eigenvalue weighted by Gasteiger charge is 2.06. The molecule has 0 bridgehead atoms. The minimum atomic E-state index is 0.755. The van der Waals surface area contributed by atoms with Crippen molar-refractivity contribution in [3.63, 3.8) is 0 Å². The van der Waals surface area contributed by atoms with Gasteiger partial charge in [-0.25, -0.2) is 5.43 Å². The lowest BCUT2D eigenvalue weighted by Gasteiger charge is -2.22. The molecule has 2 aromatic rings. The van der Waals surface area contributed by atoms with E-state index in [-0.39, 0.29) is 0 Å². The molecule has 0 spiro atoms. The summed E-state index contributed by atoms with van der Waals surface area (Å²) in [5, 5.41) is 4.33. The molecular formula is C33H56N4. The van der Waals surface area contributed by atoms with Gasteiger partial charge in [0.15, 0.2) is 0 Å².